The van der Waals surface area contributed by atoms with E-state index in [9.17, 15) is 22.4 Å². The summed E-state index contributed by atoms with van der Waals surface area (Å²) in [7, 11) is 0. The molecule has 2 aromatic rings. The molecule has 0 saturated carbocycles. The Morgan fingerprint density at radius 2 is 1.87 bits per heavy atom. The first-order valence-electron chi connectivity index (χ1n) is 9.46. The van der Waals surface area contributed by atoms with Crippen LogP contribution in [-0.4, -0.2) is 36.0 Å². The summed E-state index contributed by atoms with van der Waals surface area (Å²) >= 11 is 1.22. The number of nitrogens with one attached hydrogen (secondary N) is 2. The van der Waals surface area contributed by atoms with Crippen LogP contribution in [0.3, 0.4) is 0 Å². The Kier molecular flexibility index (Phi) is 5.65. The highest BCUT2D eigenvalue weighted by atomic mass is 32.2. The lowest BCUT2D eigenvalue weighted by Gasteiger charge is -2.24. The van der Waals surface area contributed by atoms with E-state index in [0.717, 1.165) is 0 Å². The van der Waals surface area contributed by atoms with Crippen LogP contribution in [0.25, 0.3) is 11.1 Å². The first-order chi connectivity index (χ1) is 14.3. The number of rotatable bonds is 2. The third-order valence-electron chi connectivity index (χ3n) is 5.40. The smallest absolute Gasteiger partial charge is 0.318 e. The maximum absolute atomic E-state index is 14.4. The number of halogens is 4. The Balaban J connectivity index is 1.59. The molecule has 2 aromatic carbocycles. The Morgan fingerprint density at radius 3 is 2.60 bits per heavy atom. The number of urea groups is 1. The number of hydrogen-bond acceptors (Lipinski definition) is 4. The van der Waals surface area contributed by atoms with E-state index in [-0.39, 0.29) is 25.1 Å². The van der Waals surface area contributed by atoms with Gasteiger partial charge < -0.3 is 16.0 Å². The van der Waals surface area contributed by atoms with Crippen molar-refractivity contribution in [2.45, 2.75) is 35.9 Å². The van der Waals surface area contributed by atoms with E-state index in [1.54, 1.807) is 18.2 Å². The zero-order valence-electron chi connectivity index (χ0n) is 15.8. The van der Waals surface area contributed by atoms with Crippen LogP contribution >= 0.6 is 11.9 Å². The Labute approximate surface area is 175 Å². The minimum absolute atomic E-state index is 0.0183. The average molecular weight is 440 g/mol. The number of carbonyl (C=O) groups is 1. The van der Waals surface area contributed by atoms with E-state index in [1.165, 1.54) is 35.0 Å². The minimum atomic E-state index is -3.03. The lowest BCUT2D eigenvalue weighted by Crippen LogP contribution is -2.44. The number of fused-ring (bicyclic) bond motifs is 1. The van der Waals surface area contributed by atoms with E-state index in [4.69, 9.17) is 5.73 Å². The number of likely N-dealkylation sites (tertiary alicyclic amines) is 1. The van der Waals surface area contributed by atoms with Crippen LogP contribution in [0.15, 0.2) is 41.3 Å². The molecule has 0 radical (unpaired) electrons. The predicted molar refractivity (Wildman–Crippen MR) is 106 cm³/mol. The van der Waals surface area contributed by atoms with Gasteiger partial charge in [0.2, 0.25) is 0 Å². The summed E-state index contributed by atoms with van der Waals surface area (Å²) in [5.41, 5.74) is 6.18. The SMILES string of the molecule is N[C@@H]1CCN(C(=O)NC2NSc3cccc(-c4c(F)cccc4F)c32)CCC1(F)F. The van der Waals surface area contributed by atoms with Crippen LogP contribution in [0.1, 0.15) is 24.6 Å². The molecule has 160 valence electrons. The lowest BCUT2D eigenvalue weighted by molar-refractivity contribution is -0.0289. The van der Waals surface area contributed by atoms with Crippen molar-refractivity contribution in [3.63, 3.8) is 0 Å². The second-order valence-corrected chi connectivity index (χ2v) is 8.19. The van der Waals surface area contributed by atoms with E-state index < -0.39 is 42.2 Å². The van der Waals surface area contributed by atoms with Gasteiger partial charge in [0, 0.05) is 30.0 Å². The monoisotopic (exact) mass is 440 g/mol. The molecule has 5 nitrogen and oxygen atoms in total. The normalized spacial score (nSPS) is 23.0. The van der Waals surface area contributed by atoms with E-state index in [2.05, 4.69) is 10.0 Å². The highest BCUT2D eigenvalue weighted by Gasteiger charge is 2.40. The van der Waals surface area contributed by atoms with Gasteiger partial charge in [-0.1, -0.05) is 18.2 Å². The fraction of sp³-hybridized carbons (Fsp3) is 0.350. The summed E-state index contributed by atoms with van der Waals surface area (Å²) in [5, 5.41) is 2.75. The molecule has 2 aliphatic heterocycles. The molecule has 4 rings (SSSR count). The van der Waals surface area contributed by atoms with Gasteiger partial charge in [-0.05, 0) is 42.1 Å². The molecule has 2 heterocycles. The van der Waals surface area contributed by atoms with Crippen LogP contribution in [-0.2, 0) is 0 Å². The molecule has 0 bridgehead atoms. The second kappa shape index (κ2) is 8.09. The molecule has 1 fully saturated rings. The number of alkyl halides is 2. The van der Waals surface area contributed by atoms with Gasteiger partial charge in [0.1, 0.15) is 17.8 Å². The Bertz CT molecular complexity index is 954. The maximum Gasteiger partial charge on any atom is 0.318 e. The zero-order valence-corrected chi connectivity index (χ0v) is 16.6. The van der Waals surface area contributed by atoms with Gasteiger partial charge in [-0.15, -0.1) is 0 Å². The number of nitrogens with zero attached hydrogens (tertiary/aromatic N) is 1. The van der Waals surface area contributed by atoms with Crippen LogP contribution in [0.5, 0.6) is 0 Å². The quantitative estimate of drug-likeness (QED) is 0.488. The fourth-order valence-corrected chi connectivity index (χ4v) is 4.60. The Hall–Kier alpha value is -2.30. The van der Waals surface area contributed by atoms with E-state index in [0.29, 0.717) is 16.0 Å². The van der Waals surface area contributed by atoms with Crippen LogP contribution in [0, 0.1) is 11.6 Å². The summed E-state index contributed by atoms with van der Waals surface area (Å²) in [5.74, 6) is -4.46. The second-order valence-electron chi connectivity index (χ2n) is 7.31. The molecule has 2 amide bonds. The largest absolute Gasteiger partial charge is 0.324 e. The number of nitrogens with two attached hydrogens (primary N) is 1. The molecule has 10 heteroatoms. The van der Waals surface area contributed by atoms with Crippen LogP contribution in [0.2, 0.25) is 0 Å². The third kappa shape index (κ3) is 3.86. The van der Waals surface area contributed by atoms with Crippen molar-refractivity contribution in [3.8, 4) is 11.1 Å². The topological polar surface area (TPSA) is 70.4 Å². The van der Waals surface area contributed by atoms with Crippen molar-refractivity contribution in [2.24, 2.45) is 5.73 Å². The van der Waals surface area contributed by atoms with Gasteiger partial charge in [-0.25, -0.2) is 27.1 Å². The van der Waals surface area contributed by atoms with Crippen LogP contribution in [0.4, 0.5) is 22.4 Å². The van der Waals surface area contributed by atoms with Gasteiger partial charge in [0.05, 0.1) is 11.6 Å². The first-order valence-corrected chi connectivity index (χ1v) is 10.3. The van der Waals surface area contributed by atoms with Crippen LogP contribution < -0.4 is 15.8 Å². The van der Waals surface area contributed by atoms with Gasteiger partial charge >= 0.3 is 6.03 Å². The highest BCUT2D eigenvalue weighted by Crippen LogP contribution is 2.41. The molecule has 30 heavy (non-hydrogen) atoms. The number of carbonyl (C=O) groups excluding carboxylic acids is 1. The molecule has 2 atom stereocenters. The van der Waals surface area contributed by atoms with E-state index in [1.807, 2.05) is 0 Å². The predicted octanol–water partition coefficient (Wildman–Crippen LogP) is 4.01. The standard InChI is InChI=1S/C20H20F4N4OS/c21-12-4-2-5-13(22)16(12)11-3-1-6-14-17(11)18(27-30-14)26-19(29)28-9-7-15(25)20(23,24)8-10-28/h1-6,15,18,27H,7-10,25H2,(H,26,29)/t15-,18?/m1/s1. The molecular weight excluding hydrogens is 420 g/mol. The number of amides is 2. The molecule has 0 spiro atoms. The lowest BCUT2D eigenvalue weighted by atomic mass is 9.97. The molecule has 1 unspecified atom stereocenters. The van der Waals surface area contributed by atoms with Crippen molar-refractivity contribution >= 4 is 18.0 Å². The molecular formula is C20H20F4N4OS. The van der Waals surface area contributed by atoms with Gasteiger partial charge in [0.15, 0.2) is 0 Å². The molecule has 4 N–H and O–H groups in total. The third-order valence-corrected chi connectivity index (χ3v) is 6.33. The molecule has 0 aromatic heterocycles. The van der Waals surface area contributed by atoms with E-state index >= 15 is 0 Å². The Morgan fingerprint density at radius 1 is 1.17 bits per heavy atom. The van der Waals surface area contributed by atoms with Gasteiger partial charge in [0.25, 0.3) is 5.92 Å². The highest BCUT2D eigenvalue weighted by molar-refractivity contribution is 7.97. The molecule has 2 aliphatic rings. The van der Waals surface area contributed by atoms with Crippen molar-refractivity contribution < 1.29 is 22.4 Å². The summed E-state index contributed by atoms with van der Waals surface area (Å²) in [6.07, 6.45) is -1.28. The van der Waals surface area contributed by atoms with Crippen molar-refractivity contribution in [3.05, 3.63) is 53.6 Å². The minimum Gasteiger partial charge on any atom is -0.324 e. The summed E-state index contributed by atoms with van der Waals surface area (Å²) < 4.78 is 59.5. The molecule has 1 saturated heterocycles. The van der Waals surface area contributed by atoms with Crippen molar-refractivity contribution in [1.82, 2.24) is 14.9 Å². The van der Waals surface area contributed by atoms with Crippen molar-refractivity contribution in [2.75, 3.05) is 13.1 Å². The summed E-state index contributed by atoms with van der Waals surface area (Å²) in [6, 6.07) is 6.80. The number of benzene rings is 2. The van der Waals surface area contributed by atoms with Gasteiger partial charge in [-0.3, -0.25) is 0 Å². The maximum atomic E-state index is 14.4. The zero-order chi connectivity index (χ0) is 21.5. The van der Waals surface area contributed by atoms with Gasteiger partial charge in [-0.2, -0.15) is 0 Å². The average Bonchev–Trinajstić information content (AvgIpc) is 3.04. The summed E-state index contributed by atoms with van der Waals surface area (Å²) in [4.78, 5) is 14.7. The van der Waals surface area contributed by atoms with Crippen molar-refractivity contribution in [1.29, 1.82) is 0 Å². The number of hydrogen-bond donors (Lipinski definition) is 3. The summed E-state index contributed by atoms with van der Waals surface area (Å²) in [6.45, 7) is -0.0399. The molecule has 0 aliphatic carbocycles. The fourth-order valence-electron chi connectivity index (χ4n) is 3.69. The first kappa shape index (κ1) is 21.0.